The molecule has 0 amide bonds. The second-order valence-corrected chi connectivity index (χ2v) is 5.63. The molecule has 0 unspecified atom stereocenters. The Bertz CT molecular complexity index is 835. The fourth-order valence-corrected chi connectivity index (χ4v) is 3.19. The van der Waals surface area contributed by atoms with Crippen molar-refractivity contribution in [1.82, 2.24) is 9.55 Å². The van der Waals surface area contributed by atoms with Gasteiger partial charge in [-0.3, -0.25) is 4.98 Å². The molecule has 2 heterocycles. The average Bonchev–Trinajstić information content (AvgIpc) is 2.90. The lowest BCUT2D eigenvalue weighted by atomic mass is 10.1. The maximum atomic E-state index is 5.76. The molecule has 0 spiro atoms. The third-order valence-corrected chi connectivity index (χ3v) is 4.20. The van der Waals surface area contributed by atoms with Gasteiger partial charge in [0.25, 0.3) is 0 Å². The first kappa shape index (κ1) is 16.7. The van der Waals surface area contributed by atoms with Gasteiger partial charge in [-0.25, -0.2) is 0 Å². The van der Waals surface area contributed by atoms with E-state index in [1.807, 2.05) is 33.0 Å². The standard InChI is InChI=1S/C19H24N2O3/c1-5-23-18(24-6-2)12-21-17-11-14(22-4)7-8-15(17)16-9-10-20-13(3)19(16)21/h7-11,18H,5-6,12H2,1-4H3. The highest BCUT2D eigenvalue weighted by Crippen LogP contribution is 2.33. The fourth-order valence-electron chi connectivity index (χ4n) is 3.19. The third kappa shape index (κ3) is 2.97. The van der Waals surface area contributed by atoms with Gasteiger partial charge in [-0.15, -0.1) is 0 Å². The molecule has 0 fully saturated rings. The van der Waals surface area contributed by atoms with Crippen molar-refractivity contribution in [3.05, 3.63) is 36.2 Å². The second-order valence-electron chi connectivity index (χ2n) is 5.63. The van der Waals surface area contributed by atoms with Crippen LogP contribution in [0.3, 0.4) is 0 Å². The summed E-state index contributed by atoms with van der Waals surface area (Å²) in [6.07, 6.45) is 1.57. The van der Waals surface area contributed by atoms with Gasteiger partial charge >= 0.3 is 0 Å². The zero-order valence-electron chi connectivity index (χ0n) is 14.7. The second kappa shape index (κ2) is 7.20. The molecule has 0 atom stereocenters. The van der Waals surface area contributed by atoms with E-state index in [1.165, 1.54) is 10.8 Å². The number of fused-ring (bicyclic) bond motifs is 3. The van der Waals surface area contributed by atoms with Gasteiger partial charge in [-0.2, -0.15) is 0 Å². The quantitative estimate of drug-likeness (QED) is 0.617. The molecule has 3 rings (SSSR count). The van der Waals surface area contributed by atoms with Crippen molar-refractivity contribution in [2.45, 2.75) is 33.6 Å². The molecule has 128 valence electrons. The smallest absolute Gasteiger partial charge is 0.175 e. The van der Waals surface area contributed by atoms with Crippen LogP contribution in [0, 0.1) is 6.92 Å². The lowest BCUT2D eigenvalue weighted by molar-refractivity contribution is -0.142. The summed E-state index contributed by atoms with van der Waals surface area (Å²) < 4.78 is 19.2. The Morgan fingerprint density at radius 1 is 1.08 bits per heavy atom. The summed E-state index contributed by atoms with van der Waals surface area (Å²) in [4.78, 5) is 4.47. The lowest BCUT2D eigenvalue weighted by Gasteiger charge is -2.19. The SMILES string of the molecule is CCOC(Cn1c2cc(OC)ccc2c2ccnc(C)c21)OCC. The zero-order valence-corrected chi connectivity index (χ0v) is 14.7. The van der Waals surface area contributed by atoms with E-state index in [0.29, 0.717) is 19.8 Å². The molecule has 0 saturated carbocycles. The molecule has 24 heavy (non-hydrogen) atoms. The van der Waals surface area contributed by atoms with Gasteiger partial charge in [-0.1, -0.05) is 0 Å². The Morgan fingerprint density at radius 2 is 1.83 bits per heavy atom. The molecule has 5 heteroatoms. The minimum atomic E-state index is -0.287. The fraction of sp³-hybridized carbons (Fsp3) is 0.421. The Balaban J connectivity index is 2.21. The Hall–Kier alpha value is -2.11. The van der Waals surface area contributed by atoms with E-state index in [4.69, 9.17) is 14.2 Å². The molecular formula is C19H24N2O3. The highest BCUT2D eigenvalue weighted by Gasteiger charge is 2.18. The number of nitrogens with zero attached hydrogens (tertiary/aromatic N) is 2. The summed E-state index contributed by atoms with van der Waals surface area (Å²) in [6.45, 7) is 7.83. The molecular weight excluding hydrogens is 304 g/mol. The van der Waals surface area contributed by atoms with Gasteiger partial charge < -0.3 is 18.8 Å². The average molecular weight is 328 g/mol. The number of rotatable bonds is 7. The molecule has 5 nitrogen and oxygen atoms in total. The highest BCUT2D eigenvalue weighted by atomic mass is 16.7. The first-order valence-corrected chi connectivity index (χ1v) is 8.34. The van der Waals surface area contributed by atoms with Gasteiger partial charge in [0, 0.05) is 36.2 Å². The van der Waals surface area contributed by atoms with E-state index >= 15 is 0 Å². The van der Waals surface area contributed by atoms with Crippen LogP contribution in [0.25, 0.3) is 21.8 Å². The molecule has 0 aliphatic heterocycles. The predicted molar refractivity (Wildman–Crippen MR) is 95.6 cm³/mol. The number of hydrogen-bond acceptors (Lipinski definition) is 4. The van der Waals surface area contributed by atoms with Crippen LogP contribution in [0.5, 0.6) is 5.75 Å². The van der Waals surface area contributed by atoms with Crippen LogP contribution in [0.15, 0.2) is 30.5 Å². The summed E-state index contributed by atoms with van der Waals surface area (Å²) >= 11 is 0. The number of methoxy groups -OCH3 is 1. The first-order valence-electron chi connectivity index (χ1n) is 8.34. The summed E-state index contributed by atoms with van der Waals surface area (Å²) in [5, 5.41) is 2.37. The molecule has 0 aliphatic rings. The molecule has 0 saturated heterocycles. The minimum absolute atomic E-state index is 0.287. The summed E-state index contributed by atoms with van der Waals surface area (Å²) in [5.74, 6) is 0.835. The van der Waals surface area contributed by atoms with Crippen molar-refractivity contribution < 1.29 is 14.2 Å². The topological polar surface area (TPSA) is 45.5 Å². The van der Waals surface area contributed by atoms with Crippen molar-refractivity contribution in [2.75, 3.05) is 20.3 Å². The number of pyridine rings is 1. The van der Waals surface area contributed by atoms with Crippen LogP contribution in [-0.4, -0.2) is 36.2 Å². The predicted octanol–water partition coefficient (Wildman–Crippen LogP) is 3.91. The molecule has 0 N–H and O–H groups in total. The normalized spacial score (nSPS) is 11.7. The molecule has 3 aromatic rings. The molecule has 0 bridgehead atoms. The van der Waals surface area contributed by atoms with Crippen LogP contribution in [0.4, 0.5) is 0 Å². The highest BCUT2D eigenvalue weighted by molar-refractivity contribution is 6.09. The van der Waals surface area contributed by atoms with Gasteiger partial charge in [0.1, 0.15) is 5.75 Å². The summed E-state index contributed by atoms with van der Waals surface area (Å²) in [6, 6.07) is 8.21. The molecule has 0 aliphatic carbocycles. The van der Waals surface area contributed by atoms with Crippen LogP contribution >= 0.6 is 0 Å². The first-order chi connectivity index (χ1) is 11.7. The van der Waals surface area contributed by atoms with Gasteiger partial charge in [0.05, 0.1) is 30.4 Å². The maximum absolute atomic E-state index is 5.76. The van der Waals surface area contributed by atoms with E-state index in [-0.39, 0.29) is 6.29 Å². The van der Waals surface area contributed by atoms with E-state index in [0.717, 1.165) is 22.5 Å². The monoisotopic (exact) mass is 328 g/mol. The Morgan fingerprint density at radius 3 is 2.50 bits per heavy atom. The van der Waals surface area contributed by atoms with Gasteiger partial charge in [0.15, 0.2) is 6.29 Å². The third-order valence-electron chi connectivity index (χ3n) is 4.20. The molecule has 1 aromatic carbocycles. The number of hydrogen-bond donors (Lipinski definition) is 0. The summed E-state index contributed by atoms with van der Waals surface area (Å²) in [7, 11) is 1.68. The minimum Gasteiger partial charge on any atom is -0.497 e. The van der Waals surface area contributed by atoms with Gasteiger partial charge in [0.2, 0.25) is 0 Å². The number of aryl methyl sites for hydroxylation is 1. The molecule has 0 radical (unpaired) electrons. The van der Waals surface area contributed by atoms with E-state index < -0.39 is 0 Å². The largest absolute Gasteiger partial charge is 0.497 e. The van der Waals surface area contributed by atoms with Crippen LogP contribution in [0.1, 0.15) is 19.5 Å². The summed E-state index contributed by atoms with van der Waals surface area (Å²) in [5.41, 5.74) is 3.21. The molecule has 2 aromatic heterocycles. The Kier molecular flexibility index (Phi) is 5.02. The zero-order chi connectivity index (χ0) is 17.1. The van der Waals surface area contributed by atoms with Crippen molar-refractivity contribution in [3.8, 4) is 5.75 Å². The van der Waals surface area contributed by atoms with Crippen molar-refractivity contribution in [1.29, 1.82) is 0 Å². The van der Waals surface area contributed by atoms with Gasteiger partial charge in [-0.05, 0) is 39.0 Å². The number of benzene rings is 1. The maximum Gasteiger partial charge on any atom is 0.175 e. The van der Waals surface area contributed by atoms with Crippen molar-refractivity contribution in [3.63, 3.8) is 0 Å². The van der Waals surface area contributed by atoms with Crippen LogP contribution < -0.4 is 4.74 Å². The number of aromatic nitrogens is 2. The van der Waals surface area contributed by atoms with E-state index in [9.17, 15) is 0 Å². The van der Waals surface area contributed by atoms with Crippen molar-refractivity contribution >= 4 is 21.8 Å². The van der Waals surface area contributed by atoms with Crippen molar-refractivity contribution in [2.24, 2.45) is 0 Å². The number of ether oxygens (including phenoxy) is 3. The lowest BCUT2D eigenvalue weighted by Crippen LogP contribution is -2.23. The van der Waals surface area contributed by atoms with E-state index in [2.05, 4.69) is 27.8 Å². The van der Waals surface area contributed by atoms with E-state index in [1.54, 1.807) is 7.11 Å². The van der Waals surface area contributed by atoms with Crippen LogP contribution in [0.2, 0.25) is 0 Å². The Labute approximate surface area is 142 Å². The van der Waals surface area contributed by atoms with Crippen LogP contribution in [-0.2, 0) is 16.0 Å².